The van der Waals surface area contributed by atoms with Crippen LogP contribution in [0.15, 0.2) is 113 Å². The minimum atomic E-state index is -0.519. The molecule has 3 N–H and O–H groups in total. The van der Waals surface area contributed by atoms with Gasteiger partial charge in [0.25, 0.3) is 0 Å². The van der Waals surface area contributed by atoms with Crippen LogP contribution in [0.25, 0.3) is 11.3 Å². The fourth-order valence-corrected chi connectivity index (χ4v) is 6.33. The summed E-state index contributed by atoms with van der Waals surface area (Å²) in [6.45, 7) is 4.09. The average Bonchev–Trinajstić information content (AvgIpc) is 3.49. The molecule has 0 bridgehead atoms. The Morgan fingerprint density at radius 3 is 2.32 bits per heavy atom. The van der Waals surface area contributed by atoms with Crippen LogP contribution in [0.5, 0.6) is 5.75 Å². The fraction of sp³-hybridized carbons (Fsp3) is 0.118. The molecular formula is C34H30N4O3S3. The van der Waals surface area contributed by atoms with E-state index in [1.54, 1.807) is 12.1 Å². The SMILES string of the molecule is CCOc1ccc(-c2csc(NC(=O)C(Sc3cccc(NC(=S)Nc4ccc(C(C)=O)cc4)c3)c3ccccc3)n2)cc1. The quantitative estimate of drug-likeness (QED) is 0.0752. The van der Waals surface area contributed by atoms with Crippen molar-refractivity contribution in [3.05, 3.63) is 120 Å². The number of ether oxygens (including phenoxy) is 1. The van der Waals surface area contributed by atoms with Crippen molar-refractivity contribution in [2.24, 2.45) is 0 Å². The number of amides is 1. The number of thiocarbonyl (C=S) groups is 1. The van der Waals surface area contributed by atoms with Gasteiger partial charge in [0.2, 0.25) is 5.91 Å². The second-order valence-electron chi connectivity index (χ2n) is 9.63. The molecule has 0 saturated carbocycles. The van der Waals surface area contributed by atoms with Crippen LogP contribution in [0.2, 0.25) is 0 Å². The number of anilines is 3. The van der Waals surface area contributed by atoms with Crippen LogP contribution in [0.1, 0.15) is 35.0 Å². The number of Topliss-reactive ketones (excluding diaryl/α,β-unsaturated/α-hetero) is 1. The number of benzene rings is 4. The number of nitrogens with one attached hydrogen (secondary N) is 3. The normalized spacial score (nSPS) is 11.3. The highest BCUT2D eigenvalue weighted by Crippen LogP contribution is 2.38. The van der Waals surface area contributed by atoms with Crippen LogP contribution in [-0.4, -0.2) is 28.4 Å². The number of aromatic nitrogens is 1. The van der Waals surface area contributed by atoms with Gasteiger partial charge in [0.05, 0.1) is 12.3 Å². The van der Waals surface area contributed by atoms with E-state index in [4.69, 9.17) is 17.0 Å². The first kappa shape index (κ1) is 30.9. The van der Waals surface area contributed by atoms with E-state index in [1.807, 2.05) is 103 Å². The van der Waals surface area contributed by atoms with E-state index in [2.05, 4.69) is 20.9 Å². The minimum absolute atomic E-state index is 0.00868. The van der Waals surface area contributed by atoms with E-state index in [0.717, 1.165) is 38.8 Å². The highest BCUT2D eigenvalue weighted by molar-refractivity contribution is 8.00. The zero-order valence-electron chi connectivity index (χ0n) is 24.1. The molecule has 0 radical (unpaired) electrons. The molecule has 0 spiro atoms. The van der Waals surface area contributed by atoms with Crippen molar-refractivity contribution in [2.75, 3.05) is 22.6 Å². The first-order valence-corrected chi connectivity index (χ1v) is 16.0. The van der Waals surface area contributed by atoms with Crippen molar-refractivity contribution >= 4 is 68.6 Å². The number of hydrogen-bond donors (Lipinski definition) is 3. The van der Waals surface area contributed by atoms with Gasteiger partial charge in [-0.2, -0.15) is 0 Å². The molecule has 1 atom stereocenters. The van der Waals surface area contributed by atoms with E-state index in [-0.39, 0.29) is 11.7 Å². The molecule has 0 fully saturated rings. The number of nitrogens with zero attached hydrogens (tertiary/aromatic N) is 1. The summed E-state index contributed by atoms with van der Waals surface area (Å²) in [4.78, 5) is 30.8. The minimum Gasteiger partial charge on any atom is -0.494 e. The van der Waals surface area contributed by atoms with Gasteiger partial charge in [0.15, 0.2) is 16.0 Å². The lowest BCUT2D eigenvalue weighted by Crippen LogP contribution is -2.19. The van der Waals surface area contributed by atoms with Crippen molar-refractivity contribution < 1.29 is 14.3 Å². The summed E-state index contributed by atoms with van der Waals surface area (Å²) in [6.07, 6.45) is 0. The van der Waals surface area contributed by atoms with E-state index in [9.17, 15) is 9.59 Å². The van der Waals surface area contributed by atoms with Crippen LogP contribution in [0.3, 0.4) is 0 Å². The maximum absolute atomic E-state index is 13.7. The van der Waals surface area contributed by atoms with Crippen molar-refractivity contribution in [3.8, 4) is 17.0 Å². The van der Waals surface area contributed by atoms with E-state index in [0.29, 0.717) is 22.4 Å². The van der Waals surface area contributed by atoms with Crippen molar-refractivity contribution in [2.45, 2.75) is 24.0 Å². The predicted octanol–water partition coefficient (Wildman–Crippen LogP) is 8.69. The Bertz CT molecular complexity index is 1740. The molecule has 44 heavy (non-hydrogen) atoms. The zero-order valence-corrected chi connectivity index (χ0v) is 26.5. The molecule has 7 nitrogen and oxygen atoms in total. The van der Waals surface area contributed by atoms with E-state index >= 15 is 0 Å². The summed E-state index contributed by atoms with van der Waals surface area (Å²) in [7, 11) is 0. The molecule has 0 aliphatic carbocycles. The van der Waals surface area contributed by atoms with Gasteiger partial charge < -0.3 is 20.7 Å². The maximum atomic E-state index is 13.7. The van der Waals surface area contributed by atoms with Gasteiger partial charge in [-0.05, 0) is 98.4 Å². The first-order chi connectivity index (χ1) is 21.4. The average molecular weight is 639 g/mol. The number of hydrogen-bond acceptors (Lipinski definition) is 7. The lowest BCUT2D eigenvalue weighted by atomic mass is 10.1. The second kappa shape index (κ2) is 14.8. The lowest BCUT2D eigenvalue weighted by molar-refractivity contribution is -0.115. The number of thioether (sulfide) groups is 1. The highest BCUT2D eigenvalue weighted by Gasteiger charge is 2.23. The number of rotatable bonds is 11. The molecule has 10 heteroatoms. The summed E-state index contributed by atoms with van der Waals surface area (Å²) in [6, 6.07) is 32.3. The van der Waals surface area contributed by atoms with Gasteiger partial charge in [-0.15, -0.1) is 23.1 Å². The standard InChI is InChI=1S/C34H30N4O3S3/c1-3-41-28-18-14-24(15-19-28)30-21-43-34(37-30)38-32(40)31(25-8-5-4-6-9-25)44-29-11-7-10-27(20-29)36-33(42)35-26-16-12-23(13-17-26)22(2)39/h4-21,31H,3H2,1-2H3,(H2,35,36,42)(H,37,38,40). The van der Waals surface area contributed by atoms with E-state index in [1.165, 1.54) is 30.0 Å². The van der Waals surface area contributed by atoms with Gasteiger partial charge in [0.1, 0.15) is 11.0 Å². The van der Waals surface area contributed by atoms with Crippen LogP contribution in [-0.2, 0) is 4.79 Å². The Labute approximate surface area is 270 Å². The molecule has 5 rings (SSSR count). The molecule has 222 valence electrons. The number of carbonyl (C=O) groups is 2. The summed E-state index contributed by atoms with van der Waals surface area (Å²) in [5, 5.41) is 11.7. The molecule has 1 heterocycles. The molecule has 1 unspecified atom stereocenters. The third-order valence-electron chi connectivity index (χ3n) is 6.43. The van der Waals surface area contributed by atoms with E-state index < -0.39 is 5.25 Å². The molecule has 0 saturated heterocycles. The third kappa shape index (κ3) is 8.31. The number of ketones is 1. The molecule has 5 aromatic rings. The molecule has 1 amide bonds. The molecule has 0 aliphatic heterocycles. The van der Waals surface area contributed by atoms with Crippen LogP contribution >= 0.6 is 35.3 Å². The number of thiazole rings is 1. The Hall–Kier alpha value is -4.51. The smallest absolute Gasteiger partial charge is 0.244 e. The van der Waals surface area contributed by atoms with Crippen LogP contribution in [0, 0.1) is 0 Å². The van der Waals surface area contributed by atoms with Gasteiger partial charge in [-0.1, -0.05) is 36.4 Å². The Balaban J connectivity index is 1.27. The van der Waals surface area contributed by atoms with Gasteiger partial charge >= 0.3 is 0 Å². The summed E-state index contributed by atoms with van der Waals surface area (Å²) >= 11 is 8.34. The van der Waals surface area contributed by atoms with Gasteiger partial charge in [-0.3, -0.25) is 9.59 Å². The van der Waals surface area contributed by atoms with Crippen molar-refractivity contribution in [1.29, 1.82) is 0 Å². The molecule has 0 aliphatic rings. The lowest BCUT2D eigenvalue weighted by Gasteiger charge is -2.17. The predicted molar refractivity (Wildman–Crippen MR) is 185 cm³/mol. The maximum Gasteiger partial charge on any atom is 0.244 e. The Morgan fingerprint density at radius 1 is 0.886 bits per heavy atom. The van der Waals surface area contributed by atoms with Gasteiger partial charge in [0, 0.05) is 32.8 Å². The van der Waals surface area contributed by atoms with Crippen molar-refractivity contribution in [1.82, 2.24) is 4.98 Å². The monoisotopic (exact) mass is 638 g/mol. The number of carbonyl (C=O) groups excluding carboxylic acids is 2. The zero-order chi connectivity index (χ0) is 30.9. The molecule has 4 aromatic carbocycles. The highest BCUT2D eigenvalue weighted by atomic mass is 32.2. The summed E-state index contributed by atoms with van der Waals surface area (Å²) < 4.78 is 5.53. The second-order valence-corrected chi connectivity index (χ2v) is 12.1. The summed E-state index contributed by atoms with van der Waals surface area (Å²) in [5.74, 6) is 0.647. The Kier molecular flexibility index (Phi) is 10.4. The van der Waals surface area contributed by atoms with Crippen LogP contribution in [0.4, 0.5) is 16.5 Å². The third-order valence-corrected chi connectivity index (χ3v) is 8.64. The van der Waals surface area contributed by atoms with Crippen molar-refractivity contribution in [3.63, 3.8) is 0 Å². The van der Waals surface area contributed by atoms with Crippen LogP contribution < -0.4 is 20.7 Å². The molecule has 1 aromatic heterocycles. The first-order valence-electron chi connectivity index (χ1n) is 13.9. The largest absolute Gasteiger partial charge is 0.494 e. The Morgan fingerprint density at radius 2 is 1.61 bits per heavy atom. The topological polar surface area (TPSA) is 92.4 Å². The summed E-state index contributed by atoms with van der Waals surface area (Å²) in [5.41, 5.74) is 4.80. The molecular weight excluding hydrogens is 609 g/mol. The van der Waals surface area contributed by atoms with Gasteiger partial charge in [-0.25, -0.2) is 4.98 Å². The fourth-order valence-electron chi connectivity index (χ4n) is 4.29.